The molecule has 6 heteroatoms. The van der Waals surface area contributed by atoms with Crippen LogP contribution in [0.25, 0.3) is 11.3 Å². The molecule has 2 heterocycles. The Morgan fingerprint density at radius 2 is 2.00 bits per heavy atom. The van der Waals surface area contributed by atoms with E-state index in [-0.39, 0.29) is 11.7 Å². The van der Waals surface area contributed by atoms with E-state index in [0.717, 1.165) is 21.8 Å². The summed E-state index contributed by atoms with van der Waals surface area (Å²) in [5.41, 5.74) is 2.88. The average Bonchev–Trinajstić information content (AvgIpc) is 3.11. The molecule has 0 radical (unpaired) electrons. The van der Waals surface area contributed by atoms with Crippen LogP contribution in [0.1, 0.15) is 17.0 Å². The number of aryl methyl sites for hydroxylation is 1. The monoisotopic (exact) mass is 355 g/mol. The largest absolute Gasteiger partial charge is 0.356 e. The fourth-order valence-corrected chi connectivity index (χ4v) is 3.19. The smallest absolute Gasteiger partial charge is 0.220 e. The second kappa shape index (κ2) is 8.48. The molecule has 0 saturated carbocycles. The highest BCUT2D eigenvalue weighted by atomic mass is 32.1. The summed E-state index contributed by atoms with van der Waals surface area (Å²) in [6.07, 6.45) is 5.22. The third-order valence-electron chi connectivity index (χ3n) is 3.72. The van der Waals surface area contributed by atoms with Crippen molar-refractivity contribution in [1.29, 1.82) is 0 Å². The molecular weight excluding hydrogens is 337 g/mol. The van der Waals surface area contributed by atoms with E-state index in [1.807, 2.05) is 17.5 Å². The van der Waals surface area contributed by atoms with Crippen LogP contribution in [-0.2, 0) is 17.6 Å². The molecule has 3 aromatic rings. The summed E-state index contributed by atoms with van der Waals surface area (Å²) in [6, 6.07) is 10.2. The lowest BCUT2D eigenvalue weighted by Crippen LogP contribution is -2.25. The predicted molar refractivity (Wildman–Crippen MR) is 96.8 cm³/mol. The molecule has 0 aliphatic rings. The summed E-state index contributed by atoms with van der Waals surface area (Å²) in [4.78, 5) is 20.6. The zero-order chi connectivity index (χ0) is 17.5. The van der Waals surface area contributed by atoms with E-state index in [4.69, 9.17) is 0 Å². The fourth-order valence-electron chi connectivity index (χ4n) is 2.38. The lowest BCUT2D eigenvalue weighted by Gasteiger charge is -2.04. The molecule has 4 nitrogen and oxygen atoms in total. The van der Waals surface area contributed by atoms with E-state index in [9.17, 15) is 9.18 Å². The molecule has 0 spiro atoms. The third kappa shape index (κ3) is 5.19. The second-order valence-corrected chi connectivity index (χ2v) is 6.54. The molecule has 0 aliphatic carbocycles. The number of hydrogen-bond donors (Lipinski definition) is 1. The molecule has 1 aromatic carbocycles. The van der Waals surface area contributed by atoms with Gasteiger partial charge < -0.3 is 5.32 Å². The Bertz CT molecular complexity index is 818. The summed E-state index contributed by atoms with van der Waals surface area (Å²) in [5, 5.41) is 5.81. The Kier molecular flexibility index (Phi) is 5.85. The zero-order valence-corrected chi connectivity index (χ0v) is 14.4. The Morgan fingerprint density at radius 1 is 1.16 bits per heavy atom. The minimum atomic E-state index is -0.248. The van der Waals surface area contributed by atoms with Crippen LogP contribution < -0.4 is 5.32 Å². The first-order valence-electron chi connectivity index (χ1n) is 8.06. The molecule has 2 aromatic heterocycles. The molecular formula is C19H18FN3OS. The van der Waals surface area contributed by atoms with Gasteiger partial charge in [-0.2, -0.15) is 0 Å². The Morgan fingerprint density at radius 3 is 2.76 bits per heavy atom. The molecule has 0 atom stereocenters. The van der Waals surface area contributed by atoms with Gasteiger partial charge in [0, 0.05) is 42.7 Å². The Balaban J connectivity index is 1.42. The standard InChI is InChI=1S/C19H18FN3OS/c20-16-5-3-14(4-6-16)9-11-22-18(24)7-8-19-23-17(13-25-19)15-2-1-10-21-12-15/h1-6,10,12-13H,7-9,11H2,(H,22,24). The summed E-state index contributed by atoms with van der Waals surface area (Å²) >= 11 is 1.55. The van der Waals surface area contributed by atoms with Crippen LogP contribution in [0.5, 0.6) is 0 Å². The highest BCUT2D eigenvalue weighted by molar-refractivity contribution is 7.09. The van der Waals surface area contributed by atoms with Crippen molar-refractivity contribution < 1.29 is 9.18 Å². The minimum absolute atomic E-state index is 0.000222. The number of hydrogen-bond acceptors (Lipinski definition) is 4. The van der Waals surface area contributed by atoms with Gasteiger partial charge in [-0.25, -0.2) is 9.37 Å². The number of amides is 1. The molecule has 1 N–H and O–H groups in total. The van der Waals surface area contributed by atoms with Crippen LogP contribution >= 0.6 is 11.3 Å². The van der Waals surface area contributed by atoms with Crippen LogP contribution in [0.4, 0.5) is 4.39 Å². The Labute approximate surface area is 149 Å². The van der Waals surface area contributed by atoms with Crippen molar-refractivity contribution in [3.8, 4) is 11.3 Å². The van der Waals surface area contributed by atoms with E-state index < -0.39 is 0 Å². The van der Waals surface area contributed by atoms with E-state index >= 15 is 0 Å². The molecule has 0 aliphatic heterocycles. The number of nitrogens with zero attached hydrogens (tertiary/aromatic N) is 2. The average molecular weight is 355 g/mol. The van der Waals surface area contributed by atoms with Crippen molar-refractivity contribution in [2.24, 2.45) is 0 Å². The van der Waals surface area contributed by atoms with Crippen LogP contribution in [-0.4, -0.2) is 22.4 Å². The van der Waals surface area contributed by atoms with E-state index in [0.29, 0.717) is 25.8 Å². The van der Waals surface area contributed by atoms with Gasteiger partial charge in [-0.3, -0.25) is 9.78 Å². The molecule has 0 unspecified atom stereocenters. The lowest BCUT2D eigenvalue weighted by molar-refractivity contribution is -0.121. The molecule has 0 fully saturated rings. The normalized spacial score (nSPS) is 10.6. The van der Waals surface area contributed by atoms with Gasteiger partial charge in [0.05, 0.1) is 10.7 Å². The van der Waals surface area contributed by atoms with Gasteiger partial charge in [0.2, 0.25) is 5.91 Å². The molecule has 25 heavy (non-hydrogen) atoms. The van der Waals surface area contributed by atoms with Gasteiger partial charge in [0.25, 0.3) is 0 Å². The highest BCUT2D eigenvalue weighted by Gasteiger charge is 2.07. The molecule has 1 amide bonds. The number of halogens is 1. The zero-order valence-electron chi connectivity index (χ0n) is 13.6. The maximum Gasteiger partial charge on any atom is 0.220 e. The van der Waals surface area contributed by atoms with Crippen LogP contribution in [0.15, 0.2) is 54.2 Å². The predicted octanol–water partition coefficient (Wildman–Crippen LogP) is 3.64. The SMILES string of the molecule is O=C(CCc1nc(-c2cccnc2)cs1)NCCc1ccc(F)cc1. The quantitative estimate of drug-likeness (QED) is 0.704. The van der Waals surface area contributed by atoms with Crippen molar-refractivity contribution in [2.45, 2.75) is 19.3 Å². The third-order valence-corrected chi connectivity index (χ3v) is 4.63. The number of carbonyl (C=O) groups excluding carboxylic acids is 1. The maximum absolute atomic E-state index is 12.8. The first kappa shape index (κ1) is 17.2. The number of pyridine rings is 1. The number of rotatable bonds is 7. The molecule has 0 saturated heterocycles. The highest BCUT2D eigenvalue weighted by Crippen LogP contribution is 2.21. The van der Waals surface area contributed by atoms with Gasteiger partial charge in [-0.1, -0.05) is 12.1 Å². The van der Waals surface area contributed by atoms with E-state index in [1.54, 1.807) is 35.9 Å². The van der Waals surface area contributed by atoms with Crippen molar-refractivity contribution in [3.63, 3.8) is 0 Å². The van der Waals surface area contributed by atoms with Crippen molar-refractivity contribution in [1.82, 2.24) is 15.3 Å². The van der Waals surface area contributed by atoms with Gasteiger partial charge in [0.1, 0.15) is 5.82 Å². The van der Waals surface area contributed by atoms with Crippen LogP contribution in [0, 0.1) is 5.82 Å². The fraction of sp³-hybridized carbons (Fsp3) is 0.211. The maximum atomic E-state index is 12.8. The number of nitrogens with one attached hydrogen (secondary N) is 1. The van der Waals surface area contributed by atoms with Gasteiger partial charge in [0.15, 0.2) is 0 Å². The summed E-state index contributed by atoms with van der Waals surface area (Å²) in [5.74, 6) is -0.248. The number of benzene rings is 1. The van der Waals surface area contributed by atoms with E-state index in [1.165, 1.54) is 12.1 Å². The number of thiazole rings is 1. The molecule has 128 valence electrons. The number of aromatic nitrogens is 2. The van der Waals surface area contributed by atoms with Crippen molar-refractivity contribution in [2.75, 3.05) is 6.54 Å². The van der Waals surface area contributed by atoms with Crippen LogP contribution in [0.3, 0.4) is 0 Å². The first-order chi connectivity index (χ1) is 12.2. The van der Waals surface area contributed by atoms with Crippen molar-refractivity contribution in [3.05, 3.63) is 70.6 Å². The van der Waals surface area contributed by atoms with Gasteiger partial charge in [-0.15, -0.1) is 11.3 Å². The van der Waals surface area contributed by atoms with Gasteiger partial charge >= 0.3 is 0 Å². The lowest BCUT2D eigenvalue weighted by atomic mass is 10.1. The molecule has 0 bridgehead atoms. The summed E-state index contributed by atoms with van der Waals surface area (Å²) in [6.45, 7) is 0.545. The number of carbonyl (C=O) groups is 1. The second-order valence-electron chi connectivity index (χ2n) is 5.59. The van der Waals surface area contributed by atoms with Gasteiger partial charge in [-0.05, 0) is 36.2 Å². The topological polar surface area (TPSA) is 54.9 Å². The Hall–Kier alpha value is -2.60. The minimum Gasteiger partial charge on any atom is -0.356 e. The summed E-state index contributed by atoms with van der Waals surface area (Å²) < 4.78 is 12.8. The molecule has 3 rings (SSSR count). The van der Waals surface area contributed by atoms with Crippen molar-refractivity contribution >= 4 is 17.2 Å². The van der Waals surface area contributed by atoms with Crippen LogP contribution in [0.2, 0.25) is 0 Å². The summed E-state index contributed by atoms with van der Waals surface area (Å²) in [7, 11) is 0. The van der Waals surface area contributed by atoms with E-state index in [2.05, 4.69) is 15.3 Å². The first-order valence-corrected chi connectivity index (χ1v) is 8.94.